The summed E-state index contributed by atoms with van der Waals surface area (Å²) in [6, 6.07) is 11.0. The number of pyridine rings is 1. The number of aromatic nitrogens is 5. The van der Waals surface area contributed by atoms with Crippen LogP contribution in [0.3, 0.4) is 0 Å². The number of anilines is 1. The van der Waals surface area contributed by atoms with Gasteiger partial charge >= 0.3 is 0 Å². The fourth-order valence-corrected chi connectivity index (χ4v) is 4.12. The summed E-state index contributed by atoms with van der Waals surface area (Å²) in [5.74, 6) is 2.29. The lowest BCUT2D eigenvalue weighted by Gasteiger charge is -2.40. The normalized spacial score (nSPS) is 14.4. The second-order valence-electron chi connectivity index (χ2n) is 7.74. The average molecular weight is 388 g/mol. The van der Waals surface area contributed by atoms with Crippen molar-refractivity contribution < 1.29 is 4.74 Å². The SMILES string of the molecule is COc1ccc(-n2c(C)nnc2N2CC(n3cc(C)c4cc(C)ccc43)C2)cn1. The maximum atomic E-state index is 5.17. The number of fused-ring (bicyclic) bond motifs is 1. The van der Waals surface area contributed by atoms with E-state index < -0.39 is 0 Å². The lowest BCUT2D eigenvalue weighted by Crippen LogP contribution is -2.48. The molecule has 0 bridgehead atoms. The van der Waals surface area contributed by atoms with Gasteiger partial charge in [-0.2, -0.15) is 0 Å². The molecule has 3 aromatic heterocycles. The Labute approximate surface area is 169 Å². The largest absolute Gasteiger partial charge is 0.481 e. The zero-order chi connectivity index (χ0) is 20.1. The van der Waals surface area contributed by atoms with E-state index in [1.54, 1.807) is 13.3 Å². The van der Waals surface area contributed by atoms with Crippen LogP contribution in [0.5, 0.6) is 5.88 Å². The summed E-state index contributed by atoms with van der Waals surface area (Å²) < 4.78 is 9.62. The molecule has 1 saturated heterocycles. The van der Waals surface area contributed by atoms with Crippen LogP contribution in [0.25, 0.3) is 16.6 Å². The third kappa shape index (κ3) is 2.85. The summed E-state index contributed by atoms with van der Waals surface area (Å²) in [5, 5.41) is 10.1. The quantitative estimate of drug-likeness (QED) is 0.534. The molecular formula is C22H24N6O. The van der Waals surface area contributed by atoms with Crippen LogP contribution in [0.4, 0.5) is 5.95 Å². The van der Waals surface area contributed by atoms with Crippen molar-refractivity contribution in [3.63, 3.8) is 0 Å². The van der Waals surface area contributed by atoms with Crippen molar-refractivity contribution in [2.45, 2.75) is 26.8 Å². The molecule has 0 radical (unpaired) electrons. The Kier molecular flexibility index (Phi) is 4.04. The minimum atomic E-state index is 0.424. The molecule has 1 fully saturated rings. The van der Waals surface area contributed by atoms with Gasteiger partial charge in [0.25, 0.3) is 0 Å². The molecule has 7 nitrogen and oxygen atoms in total. The van der Waals surface area contributed by atoms with E-state index in [1.807, 2.05) is 23.6 Å². The minimum Gasteiger partial charge on any atom is -0.481 e. The summed E-state index contributed by atoms with van der Waals surface area (Å²) in [7, 11) is 1.62. The smallest absolute Gasteiger partial charge is 0.232 e. The summed E-state index contributed by atoms with van der Waals surface area (Å²) >= 11 is 0. The molecule has 1 aromatic carbocycles. The molecule has 1 aliphatic heterocycles. The number of hydrogen-bond donors (Lipinski definition) is 0. The molecule has 0 unspecified atom stereocenters. The average Bonchev–Trinajstić information content (AvgIpc) is 3.21. The van der Waals surface area contributed by atoms with Gasteiger partial charge < -0.3 is 14.2 Å². The number of methoxy groups -OCH3 is 1. The highest BCUT2D eigenvalue weighted by Gasteiger charge is 2.33. The van der Waals surface area contributed by atoms with Crippen molar-refractivity contribution >= 4 is 16.9 Å². The molecule has 5 rings (SSSR count). The lowest BCUT2D eigenvalue weighted by atomic mass is 10.1. The Morgan fingerprint density at radius 1 is 1.03 bits per heavy atom. The summed E-state index contributed by atoms with van der Waals surface area (Å²) in [6.07, 6.45) is 4.07. The van der Waals surface area contributed by atoms with Crippen molar-refractivity contribution in [2.24, 2.45) is 0 Å². The molecule has 4 heterocycles. The van der Waals surface area contributed by atoms with Crippen molar-refractivity contribution in [3.05, 3.63) is 59.7 Å². The second-order valence-corrected chi connectivity index (χ2v) is 7.74. The highest BCUT2D eigenvalue weighted by atomic mass is 16.5. The lowest BCUT2D eigenvalue weighted by molar-refractivity contribution is 0.397. The topological polar surface area (TPSA) is 61.0 Å². The van der Waals surface area contributed by atoms with Crippen molar-refractivity contribution in [1.29, 1.82) is 0 Å². The third-order valence-electron chi connectivity index (χ3n) is 5.72. The Balaban J connectivity index is 1.42. The van der Waals surface area contributed by atoms with E-state index >= 15 is 0 Å². The maximum Gasteiger partial charge on any atom is 0.232 e. The summed E-state index contributed by atoms with van der Waals surface area (Å²) in [5.41, 5.74) is 4.86. The van der Waals surface area contributed by atoms with Gasteiger partial charge in [0.1, 0.15) is 5.82 Å². The van der Waals surface area contributed by atoms with Crippen LogP contribution in [0.1, 0.15) is 23.0 Å². The van der Waals surface area contributed by atoms with Gasteiger partial charge in [-0.05, 0) is 44.5 Å². The number of ether oxygens (including phenoxy) is 1. The van der Waals surface area contributed by atoms with Crippen LogP contribution >= 0.6 is 0 Å². The molecule has 0 amide bonds. The highest BCUT2D eigenvalue weighted by Crippen LogP contribution is 2.33. The Hall–Kier alpha value is -3.35. The van der Waals surface area contributed by atoms with Gasteiger partial charge in [0, 0.05) is 36.3 Å². The molecule has 0 atom stereocenters. The molecule has 1 aliphatic rings. The Morgan fingerprint density at radius 2 is 1.86 bits per heavy atom. The predicted octanol–water partition coefficient (Wildman–Crippen LogP) is 3.61. The predicted molar refractivity (Wildman–Crippen MR) is 113 cm³/mol. The zero-order valence-electron chi connectivity index (χ0n) is 17.1. The summed E-state index contributed by atoms with van der Waals surface area (Å²) in [6.45, 7) is 8.09. The van der Waals surface area contributed by atoms with Crippen molar-refractivity contribution in [3.8, 4) is 11.6 Å². The number of nitrogens with zero attached hydrogens (tertiary/aromatic N) is 6. The Morgan fingerprint density at radius 3 is 2.59 bits per heavy atom. The van der Waals surface area contributed by atoms with Crippen LogP contribution in [0, 0.1) is 20.8 Å². The van der Waals surface area contributed by atoms with E-state index in [4.69, 9.17) is 4.74 Å². The number of rotatable bonds is 4. The van der Waals surface area contributed by atoms with Gasteiger partial charge in [-0.25, -0.2) is 4.98 Å². The molecule has 148 valence electrons. The van der Waals surface area contributed by atoms with E-state index in [0.717, 1.165) is 30.5 Å². The molecule has 4 aromatic rings. The van der Waals surface area contributed by atoms with Crippen molar-refractivity contribution in [1.82, 2.24) is 24.3 Å². The molecule has 0 saturated carbocycles. The monoisotopic (exact) mass is 388 g/mol. The molecular weight excluding hydrogens is 364 g/mol. The highest BCUT2D eigenvalue weighted by molar-refractivity contribution is 5.84. The van der Waals surface area contributed by atoms with Crippen LogP contribution in [0.2, 0.25) is 0 Å². The zero-order valence-corrected chi connectivity index (χ0v) is 17.1. The van der Waals surface area contributed by atoms with Gasteiger partial charge in [0.05, 0.1) is 25.0 Å². The third-order valence-corrected chi connectivity index (χ3v) is 5.72. The number of aryl methyl sites for hydroxylation is 3. The van der Waals surface area contributed by atoms with Gasteiger partial charge in [0.15, 0.2) is 0 Å². The molecule has 29 heavy (non-hydrogen) atoms. The molecule has 7 heteroatoms. The minimum absolute atomic E-state index is 0.424. The first-order valence-corrected chi connectivity index (χ1v) is 9.80. The standard InChI is InChI=1S/C22H24N6O/c1-14-5-7-20-19(9-14)15(2)11-27(20)18-12-26(13-18)22-25-24-16(3)28(22)17-6-8-21(29-4)23-10-17/h5-11,18H,12-13H2,1-4H3. The maximum absolute atomic E-state index is 5.17. The van der Waals surface area contributed by atoms with Crippen LogP contribution < -0.4 is 9.64 Å². The number of hydrogen-bond acceptors (Lipinski definition) is 5. The van der Waals surface area contributed by atoms with E-state index in [2.05, 4.69) is 62.9 Å². The van der Waals surface area contributed by atoms with Gasteiger partial charge in [-0.3, -0.25) is 4.57 Å². The first kappa shape index (κ1) is 17.7. The second kappa shape index (κ2) is 6.62. The molecule has 0 spiro atoms. The Bertz CT molecular complexity index is 1180. The first-order chi connectivity index (χ1) is 14.0. The summed E-state index contributed by atoms with van der Waals surface area (Å²) in [4.78, 5) is 6.59. The van der Waals surface area contributed by atoms with E-state index in [0.29, 0.717) is 11.9 Å². The van der Waals surface area contributed by atoms with Gasteiger partial charge in [0.2, 0.25) is 11.8 Å². The molecule has 0 aliphatic carbocycles. The van der Waals surface area contributed by atoms with E-state index in [-0.39, 0.29) is 0 Å². The van der Waals surface area contributed by atoms with E-state index in [1.165, 1.54) is 22.0 Å². The van der Waals surface area contributed by atoms with Crippen LogP contribution in [0.15, 0.2) is 42.7 Å². The number of benzene rings is 1. The van der Waals surface area contributed by atoms with E-state index in [9.17, 15) is 0 Å². The molecule has 0 N–H and O–H groups in total. The first-order valence-electron chi connectivity index (χ1n) is 9.80. The van der Waals surface area contributed by atoms with Crippen LogP contribution in [-0.2, 0) is 0 Å². The van der Waals surface area contributed by atoms with Gasteiger partial charge in [-0.15, -0.1) is 10.2 Å². The fourth-order valence-electron chi connectivity index (χ4n) is 4.12. The fraction of sp³-hybridized carbons (Fsp3) is 0.318. The van der Waals surface area contributed by atoms with Crippen molar-refractivity contribution in [2.75, 3.05) is 25.1 Å². The van der Waals surface area contributed by atoms with Gasteiger partial charge in [-0.1, -0.05) is 11.6 Å². The van der Waals surface area contributed by atoms with Crippen LogP contribution in [-0.4, -0.2) is 44.5 Å².